The van der Waals surface area contributed by atoms with E-state index in [0.29, 0.717) is 19.6 Å². The van der Waals surface area contributed by atoms with Crippen molar-refractivity contribution in [3.8, 4) is 11.5 Å². The van der Waals surface area contributed by atoms with Gasteiger partial charge in [-0.3, -0.25) is 0 Å². The van der Waals surface area contributed by atoms with Gasteiger partial charge in [0.15, 0.2) is 11.5 Å². The number of rotatable bonds is 6. The van der Waals surface area contributed by atoms with Crippen LogP contribution in [0, 0.1) is 0 Å². The minimum Gasteiger partial charge on any atom is -0.490 e. The number of aliphatic hydroxyl groups excluding tert-OH is 1. The average molecular weight is 196 g/mol. The number of benzene rings is 1. The summed E-state index contributed by atoms with van der Waals surface area (Å²) in [6, 6.07) is 7.54. The van der Waals surface area contributed by atoms with E-state index in [1.54, 1.807) is 0 Å². The summed E-state index contributed by atoms with van der Waals surface area (Å²) in [5.74, 6) is 1.50. The highest BCUT2D eigenvalue weighted by molar-refractivity contribution is 5.39. The molecule has 1 N–H and O–H groups in total. The van der Waals surface area contributed by atoms with Crippen LogP contribution < -0.4 is 9.47 Å². The van der Waals surface area contributed by atoms with Gasteiger partial charge in [0.25, 0.3) is 0 Å². The summed E-state index contributed by atoms with van der Waals surface area (Å²) in [4.78, 5) is 0. The number of hydrogen-bond acceptors (Lipinski definition) is 3. The molecule has 0 spiro atoms. The lowest BCUT2D eigenvalue weighted by molar-refractivity contribution is 0.225. The van der Waals surface area contributed by atoms with Gasteiger partial charge in [-0.25, -0.2) is 0 Å². The second-order valence-electron chi connectivity index (χ2n) is 2.81. The Balaban J connectivity index is 2.55. The van der Waals surface area contributed by atoms with Gasteiger partial charge in [-0.2, -0.15) is 0 Å². The highest BCUT2D eigenvalue weighted by atomic mass is 16.5. The molecule has 0 aromatic heterocycles. The van der Waals surface area contributed by atoms with Crippen molar-refractivity contribution in [3.63, 3.8) is 0 Å². The fourth-order valence-corrected chi connectivity index (χ4v) is 1.09. The molecule has 0 saturated carbocycles. The lowest BCUT2D eigenvalue weighted by Crippen LogP contribution is -2.02. The summed E-state index contributed by atoms with van der Waals surface area (Å²) < 4.78 is 10.8. The van der Waals surface area contributed by atoms with Crippen molar-refractivity contribution in [3.05, 3.63) is 24.3 Å². The van der Waals surface area contributed by atoms with Crippen LogP contribution in [-0.4, -0.2) is 24.9 Å². The molecule has 0 bridgehead atoms. The molecule has 14 heavy (non-hydrogen) atoms. The summed E-state index contributed by atoms with van der Waals surface area (Å²) in [5, 5.41) is 8.61. The molecule has 0 aliphatic carbocycles. The molecule has 0 saturated heterocycles. The standard InChI is InChI=1S/C11H16O3/c1-2-13-10-6-3-4-7-11(10)14-9-5-8-12/h3-4,6-7,12H,2,5,8-9H2,1H3. The lowest BCUT2D eigenvalue weighted by atomic mass is 10.3. The number of aliphatic hydroxyl groups is 1. The fraction of sp³-hybridized carbons (Fsp3) is 0.455. The van der Waals surface area contributed by atoms with E-state index in [-0.39, 0.29) is 6.61 Å². The summed E-state index contributed by atoms with van der Waals surface area (Å²) >= 11 is 0. The van der Waals surface area contributed by atoms with Crippen LogP contribution in [0.4, 0.5) is 0 Å². The normalized spacial score (nSPS) is 9.86. The van der Waals surface area contributed by atoms with Gasteiger partial charge in [-0.05, 0) is 19.1 Å². The molecule has 78 valence electrons. The predicted molar refractivity (Wildman–Crippen MR) is 54.8 cm³/mol. The van der Waals surface area contributed by atoms with E-state index in [4.69, 9.17) is 14.6 Å². The van der Waals surface area contributed by atoms with Gasteiger partial charge in [0, 0.05) is 13.0 Å². The highest BCUT2D eigenvalue weighted by Crippen LogP contribution is 2.26. The van der Waals surface area contributed by atoms with Crippen LogP contribution in [0.2, 0.25) is 0 Å². The van der Waals surface area contributed by atoms with Gasteiger partial charge in [0.2, 0.25) is 0 Å². The maximum atomic E-state index is 8.61. The molecule has 0 aliphatic heterocycles. The van der Waals surface area contributed by atoms with Gasteiger partial charge in [0.05, 0.1) is 13.2 Å². The van der Waals surface area contributed by atoms with Crippen LogP contribution in [0.25, 0.3) is 0 Å². The SMILES string of the molecule is CCOc1ccccc1OCCCO. The maximum Gasteiger partial charge on any atom is 0.161 e. The molecule has 0 radical (unpaired) electrons. The topological polar surface area (TPSA) is 38.7 Å². The monoisotopic (exact) mass is 196 g/mol. The van der Waals surface area contributed by atoms with Crippen LogP contribution in [0.3, 0.4) is 0 Å². The van der Waals surface area contributed by atoms with Crippen molar-refractivity contribution in [1.82, 2.24) is 0 Å². The molecule has 3 heteroatoms. The van der Waals surface area contributed by atoms with Crippen molar-refractivity contribution >= 4 is 0 Å². The zero-order valence-corrected chi connectivity index (χ0v) is 8.40. The summed E-state index contributed by atoms with van der Waals surface area (Å²) in [7, 11) is 0. The zero-order valence-electron chi connectivity index (χ0n) is 8.40. The Morgan fingerprint density at radius 3 is 2.36 bits per heavy atom. The van der Waals surface area contributed by atoms with Crippen LogP contribution in [0.5, 0.6) is 11.5 Å². The molecule has 0 fully saturated rings. The first kappa shape index (κ1) is 10.9. The van der Waals surface area contributed by atoms with E-state index in [1.165, 1.54) is 0 Å². The summed E-state index contributed by atoms with van der Waals surface area (Å²) in [6.07, 6.45) is 0.639. The van der Waals surface area contributed by atoms with Gasteiger partial charge in [-0.15, -0.1) is 0 Å². The van der Waals surface area contributed by atoms with Crippen molar-refractivity contribution in [2.24, 2.45) is 0 Å². The molecule has 1 aromatic carbocycles. The van der Waals surface area contributed by atoms with Crippen LogP contribution in [-0.2, 0) is 0 Å². The molecule has 0 heterocycles. The lowest BCUT2D eigenvalue weighted by Gasteiger charge is -2.10. The molecule has 1 aromatic rings. The Labute approximate surface area is 84.3 Å². The second kappa shape index (κ2) is 6.27. The largest absolute Gasteiger partial charge is 0.490 e. The first-order valence-electron chi connectivity index (χ1n) is 4.84. The van der Waals surface area contributed by atoms with Gasteiger partial charge >= 0.3 is 0 Å². The molecule has 0 atom stereocenters. The number of para-hydroxylation sites is 2. The summed E-state index contributed by atoms with van der Waals surface area (Å²) in [6.45, 7) is 3.22. The van der Waals surface area contributed by atoms with E-state index in [9.17, 15) is 0 Å². The Hall–Kier alpha value is -1.22. The zero-order chi connectivity index (χ0) is 10.2. The second-order valence-corrected chi connectivity index (χ2v) is 2.81. The van der Waals surface area contributed by atoms with E-state index in [2.05, 4.69) is 0 Å². The van der Waals surface area contributed by atoms with Gasteiger partial charge in [0.1, 0.15) is 0 Å². The third-order valence-corrected chi connectivity index (χ3v) is 1.71. The van der Waals surface area contributed by atoms with E-state index in [0.717, 1.165) is 11.5 Å². The minimum atomic E-state index is 0.150. The van der Waals surface area contributed by atoms with E-state index >= 15 is 0 Å². The van der Waals surface area contributed by atoms with E-state index < -0.39 is 0 Å². The molecule has 0 unspecified atom stereocenters. The van der Waals surface area contributed by atoms with Crippen molar-refractivity contribution < 1.29 is 14.6 Å². The third kappa shape index (κ3) is 3.26. The first-order valence-corrected chi connectivity index (χ1v) is 4.84. The molecule has 1 rings (SSSR count). The maximum absolute atomic E-state index is 8.61. The van der Waals surface area contributed by atoms with Gasteiger partial charge in [-0.1, -0.05) is 12.1 Å². The van der Waals surface area contributed by atoms with Crippen LogP contribution in [0.1, 0.15) is 13.3 Å². The molecule has 0 aliphatic rings. The van der Waals surface area contributed by atoms with Gasteiger partial charge < -0.3 is 14.6 Å². The smallest absolute Gasteiger partial charge is 0.161 e. The Bertz CT molecular complexity index is 260. The molecule has 3 nitrogen and oxygen atoms in total. The van der Waals surface area contributed by atoms with Crippen LogP contribution in [0.15, 0.2) is 24.3 Å². The molecule has 0 amide bonds. The fourth-order valence-electron chi connectivity index (χ4n) is 1.09. The Kier molecular flexibility index (Phi) is 4.86. The Morgan fingerprint density at radius 2 is 1.79 bits per heavy atom. The third-order valence-electron chi connectivity index (χ3n) is 1.71. The minimum absolute atomic E-state index is 0.150. The summed E-state index contributed by atoms with van der Waals surface area (Å²) in [5.41, 5.74) is 0. The number of ether oxygens (including phenoxy) is 2. The quantitative estimate of drug-likeness (QED) is 0.706. The average Bonchev–Trinajstić information content (AvgIpc) is 2.21. The van der Waals surface area contributed by atoms with Crippen molar-refractivity contribution in [2.45, 2.75) is 13.3 Å². The predicted octanol–water partition coefficient (Wildman–Crippen LogP) is 1.85. The van der Waals surface area contributed by atoms with Crippen LogP contribution >= 0.6 is 0 Å². The Morgan fingerprint density at radius 1 is 1.14 bits per heavy atom. The number of hydrogen-bond donors (Lipinski definition) is 1. The van der Waals surface area contributed by atoms with E-state index in [1.807, 2.05) is 31.2 Å². The van der Waals surface area contributed by atoms with Crippen molar-refractivity contribution in [1.29, 1.82) is 0 Å². The molecular weight excluding hydrogens is 180 g/mol. The highest BCUT2D eigenvalue weighted by Gasteiger charge is 2.01. The first-order chi connectivity index (χ1) is 6.88. The van der Waals surface area contributed by atoms with Crippen molar-refractivity contribution in [2.75, 3.05) is 19.8 Å². The molecular formula is C11H16O3.